The van der Waals surface area contributed by atoms with Gasteiger partial charge in [0.05, 0.1) is 0 Å². The minimum Gasteiger partial charge on any atom is -0.260 e. The van der Waals surface area contributed by atoms with Crippen molar-refractivity contribution in [2.45, 2.75) is 6.42 Å². The quantitative estimate of drug-likeness (QED) is 0.800. The van der Waals surface area contributed by atoms with E-state index in [1.54, 1.807) is 6.20 Å². The number of aromatic nitrogens is 1. The fourth-order valence-corrected chi connectivity index (χ4v) is 1.22. The molecule has 0 aromatic carbocycles. The van der Waals surface area contributed by atoms with E-state index in [0.717, 1.165) is 10.2 Å². The van der Waals surface area contributed by atoms with E-state index in [1.807, 2.05) is 12.1 Å². The summed E-state index contributed by atoms with van der Waals surface area (Å²) in [6.45, 7) is 0. The molecule has 0 aliphatic carbocycles. The van der Waals surface area contributed by atoms with Crippen LogP contribution in [0.3, 0.4) is 0 Å². The average Bonchev–Trinajstić information content (AvgIpc) is 2.04. The van der Waals surface area contributed by atoms with Gasteiger partial charge in [-0.1, -0.05) is 0 Å². The van der Waals surface area contributed by atoms with Crippen LogP contribution in [0, 0.1) is 0 Å². The summed E-state index contributed by atoms with van der Waals surface area (Å²) in [6.07, 6.45) is 2.41. The molecule has 0 radical (unpaired) electrons. The number of hydrogen-bond acceptors (Lipinski definition) is 2. The van der Waals surface area contributed by atoms with Gasteiger partial charge in [-0.15, -0.1) is 0 Å². The lowest BCUT2D eigenvalue weighted by Gasteiger charge is -1.95. The zero-order valence-corrected chi connectivity index (χ0v) is 8.16. The van der Waals surface area contributed by atoms with Gasteiger partial charge in [0.1, 0.15) is 0 Å². The van der Waals surface area contributed by atoms with E-state index in [0.29, 0.717) is 24.3 Å². The summed E-state index contributed by atoms with van der Waals surface area (Å²) in [7, 11) is 0. The predicted octanol–water partition coefficient (Wildman–Crippen LogP) is 3.00. The highest BCUT2D eigenvalue weighted by atomic mass is 79.9. The largest absolute Gasteiger partial charge is 0.260 e. The Labute approximate surface area is 77.8 Å². The number of hydrogen-bond donors (Lipinski definition) is 0. The summed E-state index contributed by atoms with van der Waals surface area (Å²) in [5.41, 5.74) is 0.929. The van der Waals surface area contributed by atoms with Crippen LogP contribution >= 0.6 is 28.1 Å². The van der Waals surface area contributed by atoms with Crippen molar-refractivity contribution < 1.29 is 3.89 Å². The molecule has 0 aliphatic heterocycles. The molecule has 0 atom stereocenters. The van der Waals surface area contributed by atoms with Gasteiger partial charge >= 0.3 is 0 Å². The number of pyridine rings is 1. The third-order valence-corrected chi connectivity index (χ3v) is 2.05. The lowest BCUT2D eigenvalue weighted by atomic mass is 10.3. The molecule has 0 bridgehead atoms. The molecule has 4 heteroatoms. The first-order chi connectivity index (χ1) is 5.33. The van der Waals surface area contributed by atoms with E-state index >= 15 is 0 Å². The van der Waals surface area contributed by atoms with E-state index in [9.17, 15) is 3.89 Å². The molecule has 0 aliphatic rings. The molecule has 60 valence electrons. The Kier molecular flexibility index (Phi) is 3.86. The summed E-state index contributed by atoms with van der Waals surface area (Å²) in [6, 6.07) is 3.80. The Morgan fingerprint density at radius 1 is 1.55 bits per heavy atom. The van der Waals surface area contributed by atoms with Crippen LogP contribution in [-0.4, -0.2) is 10.7 Å². The van der Waals surface area contributed by atoms with Crippen molar-refractivity contribution >= 4 is 28.1 Å². The van der Waals surface area contributed by atoms with Gasteiger partial charge in [0.25, 0.3) is 0 Å². The van der Waals surface area contributed by atoms with Crippen LogP contribution in [-0.2, 0) is 6.42 Å². The summed E-state index contributed by atoms with van der Waals surface area (Å²) >= 11 is 3.62. The molecule has 11 heavy (non-hydrogen) atoms. The molecule has 0 amide bonds. The second-order valence-electron chi connectivity index (χ2n) is 2.03. The van der Waals surface area contributed by atoms with E-state index in [-0.39, 0.29) is 0 Å². The number of aryl methyl sites for hydroxylation is 1. The minimum atomic E-state index is 0.349. The maximum atomic E-state index is 11.6. The van der Waals surface area contributed by atoms with Crippen LogP contribution in [0.1, 0.15) is 5.69 Å². The summed E-state index contributed by atoms with van der Waals surface area (Å²) in [5, 5.41) is 0. The molecule has 1 rings (SSSR count). The number of halogens is 2. The van der Waals surface area contributed by atoms with Crippen LogP contribution in [0.25, 0.3) is 0 Å². The smallest absolute Gasteiger partial charge is 0.0447 e. The molecule has 0 saturated carbocycles. The van der Waals surface area contributed by atoms with Crippen LogP contribution in [0.15, 0.2) is 22.8 Å². The zero-order valence-electron chi connectivity index (χ0n) is 5.76. The molecule has 1 aromatic heterocycles. The van der Waals surface area contributed by atoms with Crippen molar-refractivity contribution in [3.63, 3.8) is 0 Å². The van der Waals surface area contributed by atoms with Crippen molar-refractivity contribution in [1.29, 1.82) is 0 Å². The third-order valence-electron chi connectivity index (χ3n) is 1.22. The lowest BCUT2D eigenvalue weighted by molar-refractivity contribution is 0.921. The van der Waals surface area contributed by atoms with Gasteiger partial charge in [-0.2, -0.15) is 3.89 Å². The minimum absolute atomic E-state index is 0.349. The Morgan fingerprint density at radius 3 is 2.91 bits per heavy atom. The van der Waals surface area contributed by atoms with Gasteiger partial charge in [-0.3, -0.25) is 4.98 Å². The van der Waals surface area contributed by atoms with Gasteiger partial charge in [-0.05, 0) is 28.1 Å². The normalized spacial score (nSPS) is 10.0. The molecule has 0 unspecified atom stereocenters. The first kappa shape index (κ1) is 9.00. The molecule has 0 saturated heterocycles. The van der Waals surface area contributed by atoms with Crippen molar-refractivity contribution in [2.75, 3.05) is 5.75 Å². The molecule has 0 spiro atoms. The molecule has 1 aromatic rings. The monoisotopic (exact) mass is 235 g/mol. The average molecular weight is 236 g/mol. The van der Waals surface area contributed by atoms with Gasteiger partial charge in [-0.25, -0.2) is 0 Å². The summed E-state index contributed by atoms with van der Waals surface area (Å²) in [4.78, 5) is 4.09. The van der Waals surface area contributed by atoms with Crippen molar-refractivity contribution in [1.82, 2.24) is 4.98 Å². The topological polar surface area (TPSA) is 12.9 Å². The van der Waals surface area contributed by atoms with Crippen molar-refractivity contribution in [3.8, 4) is 0 Å². The Morgan fingerprint density at radius 2 is 2.36 bits per heavy atom. The fraction of sp³-hybridized carbons (Fsp3) is 0.286. The van der Waals surface area contributed by atoms with E-state index in [2.05, 4.69) is 20.9 Å². The van der Waals surface area contributed by atoms with Crippen LogP contribution in [0.2, 0.25) is 0 Å². The third kappa shape index (κ3) is 3.20. The summed E-state index contributed by atoms with van der Waals surface area (Å²) in [5.74, 6) is 0.481. The first-order valence-corrected chi connectivity index (χ1v) is 4.85. The van der Waals surface area contributed by atoms with E-state index in [1.165, 1.54) is 0 Å². The highest BCUT2D eigenvalue weighted by Crippen LogP contribution is 2.09. The van der Waals surface area contributed by atoms with Gasteiger partial charge < -0.3 is 0 Å². The van der Waals surface area contributed by atoms with E-state index < -0.39 is 0 Å². The second kappa shape index (κ2) is 4.72. The van der Waals surface area contributed by atoms with Gasteiger partial charge in [0.2, 0.25) is 0 Å². The Bertz CT molecular complexity index is 214. The molecule has 0 N–H and O–H groups in total. The molecular weight excluding hydrogens is 229 g/mol. The van der Waals surface area contributed by atoms with E-state index in [4.69, 9.17) is 0 Å². The zero-order chi connectivity index (χ0) is 8.10. The second-order valence-corrected chi connectivity index (χ2v) is 3.57. The maximum absolute atomic E-state index is 11.6. The van der Waals surface area contributed by atoms with Gasteiger partial charge in [0.15, 0.2) is 0 Å². The molecule has 1 heterocycles. The molecular formula is C7H7BrFNS. The molecule has 0 fully saturated rings. The highest BCUT2D eigenvalue weighted by Gasteiger charge is 1.93. The van der Waals surface area contributed by atoms with Crippen LogP contribution in [0.4, 0.5) is 3.89 Å². The Balaban J connectivity index is 2.52. The van der Waals surface area contributed by atoms with Crippen molar-refractivity contribution in [2.24, 2.45) is 0 Å². The van der Waals surface area contributed by atoms with Gasteiger partial charge in [0, 0.05) is 40.7 Å². The lowest BCUT2D eigenvalue weighted by Crippen LogP contribution is -1.90. The number of rotatable bonds is 3. The highest BCUT2D eigenvalue weighted by molar-refractivity contribution is 9.10. The van der Waals surface area contributed by atoms with Crippen LogP contribution < -0.4 is 0 Å². The first-order valence-electron chi connectivity index (χ1n) is 3.17. The SMILES string of the molecule is FSCCc1ccc(Br)cn1. The number of nitrogens with zero attached hydrogens (tertiary/aromatic N) is 1. The Hall–Kier alpha value is -0.0900. The molecule has 1 nitrogen and oxygen atoms in total. The summed E-state index contributed by atoms with van der Waals surface area (Å²) < 4.78 is 12.6. The maximum Gasteiger partial charge on any atom is 0.0447 e. The van der Waals surface area contributed by atoms with Crippen LogP contribution in [0.5, 0.6) is 0 Å². The standard InChI is InChI=1S/C7H7BrFNS/c8-6-1-2-7(10-5-6)3-4-11-9/h1-2,5H,3-4H2. The predicted molar refractivity (Wildman–Crippen MR) is 49.2 cm³/mol. The fourth-order valence-electron chi connectivity index (χ4n) is 0.697. The van der Waals surface area contributed by atoms with Crippen molar-refractivity contribution in [3.05, 3.63) is 28.5 Å².